The Balaban J connectivity index is 0.00000289. The van der Waals surface area contributed by atoms with Crippen molar-refractivity contribution in [2.75, 3.05) is 39.8 Å². The second-order valence-electron chi connectivity index (χ2n) is 10.1. The second kappa shape index (κ2) is 11.3. The standard InChI is InChI=1S/C24H39N5O2.HI/c1-16(2)13-19(28-10-4-5-11-28)15-27-24(25-3)26-9-6-12-29-22(30)20-17-7-8-18(14-17)21(20)23(29)31;/h7-8,16-21H,4-6,9-15H2,1-3H3,(H2,25,26,27);1H. The number of guanidine groups is 1. The Morgan fingerprint density at radius 2 is 1.72 bits per heavy atom. The van der Waals surface area contributed by atoms with E-state index in [9.17, 15) is 9.59 Å². The fourth-order valence-corrected chi connectivity index (χ4v) is 6.08. The normalized spacial score (nSPS) is 30.2. The van der Waals surface area contributed by atoms with E-state index in [-0.39, 0.29) is 59.5 Å². The van der Waals surface area contributed by atoms with Crippen molar-refractivity contribution >= 4 is 41.8 Å². The molecular weight excluding hydrogens is 517 g/mol. The third-order valence-corrected chi connectivity index (χ3v) is 7.54. The van der Waals surface area contributed by atoms with Gasteiger partial charge < -0.3 is 10.6 Å². The highest BCUT2D eigenvalue weighted by atomic mass is 127. The van der Waals surface area contributed by atoms with E-state index in [1.54, 1.807) is 7.05 Å². The van der Waals surface area contributed by atoms with E-state index in [4.69, 9.17) is 0 Å². The van der Waals surface area contributed by atoms with Gasteiger partial charge in [0.15, 0.2) is 5.96 Å². The number of allylic oxidation sites excluding steroid dienone is 2. The average molecular weight is 558 g/mol. The number of nitrogens with zero attached hydrogens (tertiary/aromatic N) is 3. The van der Waals surface area contributed by atoms with Crippen LogP contribution in [0.5, 0.6) is 0 Å². The van der Waals surface area contributed by atoms with Crippen LogP contribution >= 0.6 is 24.0 Å². The van der Waals surface area contributed by atoms with Gasteiger partial charge in [-0.1, -0.05) is 26.0 Å². The van der Waals surface area contributed by atoms with E-state index in [2.05, 4.69) is 46.5 Å². The van der Waals surface area contributed by atoms with Gasteiger partial charge >= 0.3 is 0 Å². The van der Waals surface area contributed by atoms with Crippen LogP contribution in [0, 0.1) is 29.6 Å². The van der Waals surface area contributed by atoms with Gasteiger partial charge in [-0.2, -0.15) is 0 Å². The Morgan fingerprint density at radius 1 is 1.09 bits per heavy atom. The number of hydrogen-bond acceptors (Lipinski definition) is 4. The summed E-state index contributed by atoms with van der Waals surface area (Å²) in [5.74, 6) is 1.96. The number of carbonyl (C=O) groups is 2. The molecule has 0 aromatic carbocycles. The molecule has 0 aromatic rings. The zero-order valence-corrected chi connectivity index (χ0v) is 22.1. The summed E-state index contributed by atoms with van der Waals surface area (Å²) in [4.78, 5) is 34.0. The van der Waals surface area contributed by atoms with Crippen LogP contribution in [0.25, 0.3) is 0 Å². The molecule has 7 nitrogen and oxygen atoms in total. The van der Waals surface area contributed by atoms with E-state index < -0.39 is 0 Å². The lowest BCUT2D eigenvalue weighted by atomic mass is 9.85. The summed E-state index contributed by atoms with van der Waals surface area (Å²) in [6.07, 6.45) is 9.80. The van der Waals surface area contributed by atoms with E-state index in [1.807, 2.05) is 0 Å². The number of rotatable bonds is 9. The van der Waals surface area contributed by atoms with Crippen molar-refractivity contribution in [3.8, 4) is 0 Å². The molecule has 0 radical (unpaired) electrons. The van der Waals surface area contributed by atoms with Gasteiger partial charge in [-0.3, -0.25) is 24.4 Å². The third kappa shape index (κ3) is 5.32. The summed E-state index contributed by atoms with van der Waals surface area (Å²) in [7, 11) is 1.79. The number of hydrogen-bond donors (Lipinski definition) is 2. The molecule has 8 heteroatoms. The first-order valence-corrected chi connectivity index (χ1v) is 12.2. The highest BCUT2D eigenvalue weighted by molar-refractivity contribution is 14.0. The molecule has 180 valence electrons. The molecular formula is C24H40IN5O2. The minimum Gasteiger partial charge on any atom is -0.356 e. The summed E-state index contributed by atoms with van der Waals surface area (Å²) < 4.78 is 0. The van der Waals surface area contributed by atoms with Crippen LogP contribution in [0.4, 0.5) is 0 Å². The molecule has 32 heavy (non-hydrogen) atoms. The van der Waals surface area contributed by atoms with Crippen LogP contribution in [-0.4, -0.2) is 73.4 Å². The van der Waals surface area contributed by atoms with Crippen molar-refractivity contribution < 1.29 is 9.59 Å². The van der Waals surface area contributed by atoms with E-state index >= 15 is 0 Å². The average Bonchev–Trinajstić information content (AvgIpc) is 3.53. The Kier molecular flexibility index (Phi) is 9.00. The largest absolute Gasteiger partial charge is 0.356 e. The predicted octanol–water partition coefficient (Wildman–Crippen LogP) is 2.48. The maximum Gasteiger partial charge on any atom is 0.233 e. The number of fused-ring (bicyclic) bond motifs is 5. The molecule has 2 saturated heterocycles. The van der Waals surface area contributed by atoms with Gasteiger partial charge in [0.05, 0.1) is 11.8 Å². The van der Waals surface area contributed by atoms with E-state index in [0.29, 0.717) is 25.0 Å². The van der Waals surface area contributed by atoms with Gasteiger partial charge in [0.25, 0.3) is 0 Å². The number of likely N-dealkylation sites (tertiary alicyclic amines) is 2. The lowest BCUT2D eigenvalue weighted by Gasteiger charge is -2.29. The molecule has 5 unspecified atom stereocenters. The zero-order valence-electron chi connectivity index (χ0n) is 19.8. The molecule has 4 aliphatic rings. The van der Waals surface area contributed by atoms with Crippen LogP contribution < -0.4 is 10.6 Å². The number of aliphatic imine (C=N–C) groups is 1. The van der Waals surface area contributed by atoms with Crippen LogP contribution in [0.1, 0.15) is 46.0 Å². The molecule has 2 aliphatic heterocycles. The van der Waals surface area contributed by atoms with Crippen molar-refractivity contribution in [3.05, 3.63) is 12.2 Å². The fourth-order valence-electron chi connectivity index (χ4n) is 6.08. The zero-order chi connectivity index (χ0) is 22.0. The highest BCUT2D eigenvalue weighted by Gasteiger charge is 2.58. The van der Waals surface area contributed by atoms with Gasteiger partial charge in [0, 0.05) is 32.7 Å². The molecule has 2 N–H and O–H groups in total. The number of imide groups is 1. The van der Waals surface area contributed by atoms with Crippen molar-refractivity contribution in [1.29, 1.82) is 0 Å². The van der Waals surface area contributed by atoms with Crippen LogP contribution in [0.15, 0.2) is 17.1 Å². The van der Waals surface area contributed by atoms with Gasteiger partial charge in [-0.05, 0) is 62.9 Å². The Hall–Kier alpha value is -1.16. The number of amides is 2. The Bertz CT molecular complexity index is 704. The third-order valence-electron chi connectivity index (χ3n) is 7.54. The molecule has 3 fully saturated rings. The molecule has 0 aromatic heterocycles. The lowest BCUT2D eigenvalue weighted by Crippen LogP contribution is -2.47. The summed E-state index contributed by atoms with van der Waals surface area (Å²) in [6.45, 7) is 9.04. The molecule has 5 atom stereocenters. The van der Waals surface area contributed by atoms with Crippen molar-refractivity contribution in [2.45, 2.75) is 52.0 Å². The van der Waals surface area contributed by atoms with Crippen LogP contribution in [0.2, 0.25) is 0 Å². The molecule has 0 spiro atoms. The summed E-state index contributed by atoms with van der Waals surface area (Å²) in [5, 5.41) is 6.85. The Labute approximate surface area is 209 Å². The minimum atomic E-state index is -0.0895. The first-order chi connectivity index (χ1) is 15.0. The van der Waals surface area contributed by atoms with E-state index in [1.165, 1.54) is 37.3 Å². The van der Waals surface area contributed by atoms with Gasteiger partial charge in [-0.25, -0.2) is 0 Å². The second-order valence-corrected chi connectivity index (χ2v) is 10.1. The fraction of sp³-hybridized carbons (Fsp3) is 0.792. The Morgan fingerprint density at radius 3 is 2.28 bits per heavy atom. The number of nitrogens with one attached hydrogen (secondary N) is 2. The monoisotopic (exact) mass is 557 g/mol. The SMILES string of the molecule is CN=C(NCCCN1C(=O)C2C3C=CC(C3)C2C1=O)NCC(CC(C)C)N1CCCC1.I. The predicted molar refractivity (Wildman–Crippen MR) is 138 cm³/mol. The maximum absolute atomic E-state index is 12.8. The molecule has 2 amide bonds. The van der Waals surface area contributed by atoms with Crippen molar-refractivity contribution in [2.24, 2.45) is 34.6 Å². The molecule has 4 rings (SSSR count). The molecule has 2 aliphatic carbocycles. The summed E-state index contributed by atoms with van der Waals surface area (Å²) in [5.41, 5.74) is 0. The highest BCUT2D eigenvalue weighted by Crippen LogP contribution is 2.52. The first kappa shape index (κ1) is 25.5. The topological polar surface area (TPSA) is 77.0 Å². The quantitative estimate of drug-likeness (QED) is 0.114. The molecule has 2 heterocycles. The van der Waals surface area contributed by atoms with Gasteiger partial charge in [-0.15, -0.1) is 24.0 Å². The van der Waals surface area contributed by atoms with Crippen molar-refractivity contribution in [1.82, 2.24) is 20.4 Å². The molecule has 2 bridgehead atoms. The number of carbonyl (C=O) groups excluding carboxylic acids is 2. The maximum atomic E-state index is 12.8. The lowest BCUT2D eigenvalue weighted by molar-refractivity contribution is -0.140. The van der Waals surface area contributed by atoms with Gasteiger partial charge in [0.2, 0.25) is 11.8 Å². The van der Waals surface area contributed by atoms with E-state index in [0.717, 1.165) is 25.3 Å². The van der Waals surface area contributed by atoms with Crippen LogP contribution in [-0.2, 0) is 9.59 Å². The van der Waals surface area contributed by atoms with Crippen molar-refractivity contribution in [3.63, 3.8) is 0 Å². The summed E-state index contributed by atoms with van der Waals surface area (Å²) >= 11 is 0. The number of halogens is 1. The smallest absolute Gasteiger partial charge is 0.233 e. The first-order valence-electron chi connectivity index (χ1n) is 12.2. The molecule has 1 saturated carbocycles. The van der Waals surface area contributed by atoms with Crippen LogP contribution in [0.3, 0.4) is 0 Å². The summed E-state index contributed by atoms with van der Waals surface area (Å²) in [6, 6.07) is 0.532. The van der Waals surface area contributed by atoms with Gasteiger partial charge in [0.1, 0.15) is 0 Å². The minimum absolute atomic E-state index is 0.